The van der Waals surface area contributed by atoms with E-state index >= 15 is 0 Å². The van der Waals surface area contributed by atoms with Crippen LogP contribution in [0.3, 0.4) is 0 Å². The number of benzene rings is 2. The van der Waals surface area contributed by atoms with Gasteiger partial charge in [0, 0.05) is 30.1 Å². The summed E-state index contributed by atoms with van der Waals surface area (Å²) in [6, 6.07) is 16.0. The number of carbonyl (C=O) groups is 1. The van der Waals surface area contributed by atoms with Crippen molar-refractivity contribution in [2.24, 2.45) is 0 Å². The highest BCUT2D eigenvalue weighted by molar-refractivity contribution is 7.22. The smallest absolute Gasteiger partial charge is 0.260 e. The molecule has 0 N–H and O–H groups in total. The number of anilines is 1. The zero-order valence-corrected chi connectivity index (χ0v) is 17.7. The van der Waals surface area contributed by atoms with E-state index in [4.69, 9.17) is 14.7 Å². The van der Waals surface area contributed by atoms with Crippen molar-refractivity contribution in [1.29, 1.82) is 5.26 Å². The number of methoxy groups -OCH3 is 2. The second-order valence-corrected chi connectivity index (χ2v) is 7.62. The first-order valence-corrected chi connectivity index (χ1v) is 10.2. The lowest BCUT2D eigenvalue weighted by atomic mass is 10.1. The lowest BCUT2D eigenvalue weighted by molar-refractivity contribution is 0.0985. The van der Waals surface area contributed by atoms with E-state index in [1.54, 1.807) is 61.8 Å². The van der Waals surface area contributed by atoms with E-state index in [-0.39, 0.29) is 5.91 Å². The van der Waals surface area contributed by atoms with E-state index in [1.807, 2.05) is 18.2 Å². The van der Waals surface area contributed by atoms with Gasteiger partial charge in [0.05, 0.1) is 42.6 Å². The number of amides is 1. The van der Waals surface area contributed by atoms with Gasteiger partial charge in [0.2, 0.25) is 0 Å². The zero-order chi connectivity index (χ0) is 21.8. The molecule has 0 unspecified atom stereocenters. The van der Waals surface area contributed by atoms with E-state index < -0.39 is 0 Å². The van der Waals surface area contributed by atoms with Crippen LogP contribution in [-0.2, 0) is 6.54 Å². The fourth-order valence-electron chi connectivity index (χ4n) is 3.10. The van der Waals surface area contributed by atoms with Crippen molar-refractivity contribution < 1.29 is 14.3 Å². The quantitative estimate of drug-likeness (QED) is 0.450. The summed E-state index contributed by atoms with van der Waals surface area (Å²) in [7, 11) is 3.15. The molecule has 0 aliphatic rings. The molecule has 1 amide bonds. The van der Waals surface area contributed by atoms with Gasteiger partial charge in [0.1, 0.15) is 0 Å². The van der Waals surface area contributed by atoms with Crippen molar-refractivity contribution in [3.8, 4) is 17.6 Å². The predicted molar refractivity (Wildman–Crippen MR) is 119 cm³/mol. The van der Waals surface area contributed by atoms with Gasteiger partial charge in [0.15, 0.2) is 16.6 Å². The molecule has 0 atom stereocenters. The number of hydrogen-bond donors (Lipinski definition) is 0. The van der Waals surface area contributed by atoms with Crippen LogP contribution in [0, 0.1) is 11.3 Å². The molecular formula is C23H18N4O3S. The fourth-order valence-corrected chi connectivity index (χ4v) is 4.08. The molecule has 2 aromatic carbocycles. The Balaban J connectivity index is 1.78. The summed E-state index contributed by atoms with van der Waals surface area (Å²) in [6.07, 6.45) is 3.41. The van der Waals surface area contributed by atoms with Crippen molar-refractivity contribution in [3.05, 3.63) is 77.6 Å². The molecule has 4 aromatic rings. The van der Waals surface area contributed by atoms with E-state index in [0.717, 1.165) is 10.3 Å². The van der Waals surface area contributed by atoms with Crippen LogP contribution < -0.4 is 14.4 Å². The number of thiazole rings is 1. The van der Waals surface area contributed by atoms with Crippen LogP contribution in [-0.4, -0.2) is 30.1 Å². The summed E-state index contributed by atoms with van der Waals surface area (Å²) in [5.41, 5.74) is 2.55. The number of hydrogen-bond acceptors (Lipinski definition) is 7. The fraction of sp³-hybridized carbons (Fsp3) is 0.130. The number of fused-ring (bicyclic) bond motifs is 1. The van der Waals surface area contributed by atoms with Gasteiger partial charge in [-0.25, -0.2) is 4.98 Å². The topological polar surface area (TPSA) is 88.3 Å². The highest BCUT2D eigenvalue weighted by Gasteiger charge is 2.23. The van der Waals surface area contributed by atoms with Crippen molar-refractivity contribution in [2.45, 2.75) is 6.54 Å². The van der Waals surface area contributed by atoms with Crippen molar-refractivity contribution in [3.63, 3.8) is 0 Å². The number of ether oxygens (including phenoxy) is 2. The van der Waals surface area contributed by atoms with Crippen LogP contribution in [0.2, 0.25) is 0 Å². The van der Waals surface area contributed by atoms with E-state index in [1.165, 1.54) is 11.3 Å². The summed E-state index contributed by atoms with van der Waals surface area (Å²) in [5.74, 6) is 0.956. The van der Waals surface area contributed by atoms with Crippen molar-refractivity contribution >= 4 is 32.6 Å². The molecule has 0 saturated carbocycles. The second kappa shape index (κ2) is 8.81. The normalized spacial score (nSPS) is 10.5. The first-order chi connectivity index (χ1) is 15.1. The molecule has 31 heavy (non-hydrogen) atoms. The highest BCUT2D eigenvalue weighted by Crippen LogP contribution is 2.38. The SMILES string of the molecule is COc1cc2nc(N(Cc3cccnc3)C(=O)c3ccc(C#N)cc3)sc2cc1OC. The van der Waals surface area contributed by atoms with Gasteiger partial charge >= 0.3 is 0 Å². The number of nitrogens with zero attached hydrogens (tertiary/aromatic N) is 4. The Labute approximate surface area is 183 Å². The molecule has 7 nitrogen and oxygen atoms in total. The van der Waals surface area contributed by atoms with Gasteiger partial charge in [0.25, 0.3) is 5.91 Å². The summed E-state index contributed by atoms with van der Waals surface area (Å²) >= 11 is 1.39. The van der Waals surface area contributed by atoms with Crippen LogP contribution in [0.4, 0.5) is 5.13 Å². The molecule has 4 rings (SSSR count). The molecule has 0 spiro atoms. The largest absolute Gasteiger partial charge is 0.493 e. The number of aromatic nitrogens is 2. The highest BCUT2D eigenvalue weighted by atomic mass is 32.1. The molecule has 2 aromatic heterocycles. The Hall–Kier alpha value is -3.96. The van der Waals surface area contributed by atoms with Crippen molar-refractivity contribution in [1.82, 2.24) is 9.97 Å². The maximum absolute atomic E-state index is 13.4. The third-order valence-corrected chi connectivity index (χ3v) is 5.72. The van der Waals surface area contributed by atoms with Gasteiger partial charge in [-0.1, -0.05) is 17.4 Å². The molecule has 8 heteroatoms. The summed E-state index contributed by atoms with van der Waals surface area (Å²) in [4.78, 5) is 23.9. The lowest BCUT2D eigenvalue weighted by Crippen LogP contribution is -2.30. The first kappa shape index (κ1) is 20.3. The number of pyridine rings is 1. The molecule has 0 bridgehead atoms. The maximum atomic E-state index is 13.4. The standard InChI is InChI=1S/C23H18N4O3S/c1-29-19-10-18-21(11-20(19)30-2)31-23(26-18)27(14-16-4-3-9-25-13-16)22(28)17-7-5-15(12-24)6-8-17/h3-11,13H,14H2,1-2H3. The average Bonchev–Trinajstić information content (AvgIpc) is 3.24. The first-order valence-electron chi connectivity index (χ1n) is 9.36. The number of rotatable bonds is 6. The monoisotopic (exact) mass is 430 g/mol. The van der Waals surface area contributed by atoms with Gasteiger partial charge in [-0.15, -0.1) is 0 Å². The minimum atomic E-state index is -0.216. The Bertz CT molecular complexity index is 1220. The van der Waals surface area contributed by atoms with Crippen LogP contribution in [0.25, 0.3) is 10.2 Å². The zero-order valence-electron chi connectivity index (χ0n) is 16.9. The van der Waals surface area contributed by atoms with E-state index in [0.29, 0.717) is 39.8 Å². The van der Waals surface area contributed by atoms with Gasteiger partial charge in [-0.2, -0.15) is 5.26 Å². The average molecular weight is 430 g/mol. The Morgan fingerprint density at radius 2 is 1.87 bits per heavy atom. The van der Waals surface area contributed by atoms with Gasteiger partial charge < -0.3 is 9.47 Å². The van der Waals surface area contributed by atoms with E-state index in [9.17, 15) is 4.79 Å². The maximum Gasteiger partial charge on any atom is 0.260 e. The lowest BCUT2D eigenvalue weighted by Gasteiger charge is -2.20. The minimum absolute atomic E-state index is 0.216. The third kappa shape index (κ3) is 4.17. The molecule has 154 valence electrons. The molecule has 0 saturated heterocycles. The number of nitriles is 1. The van der Waals surface area contributed by atoms with Gasteiger partial charge in [-0.3, -0.25) is 14.7 Å². The molecule has 0 fully saturated rings. The Morgan fingerprint density at radius 1 is 1.13 bits per heavy atom. The Kier molecular flexibility index (Phi) is 5.78. The molecular weight excluding hydrogens is 412 g/mol. The minimum Gasteiger partial charge on any atom is -0.493 e. The molecule has 0 aliphatic carbocycles. The summed E-state index contributed by atoms with van der Waals surface area (Å²) in [5, 5.41) is 9.58. The van der Waals surface area contributed by atoms with Crippen LogP contribution in [0.5, 0.6) is 11.5 Å². The van der Waals surface area contributed by atoms with E-state index in [2.05, 4.69) is 16.0 Å². The van der Waals surface area contributed by atoms with Crippen LogP contribution in [0.15, 0.2) is 60.9 Å². The summed E-state index contributed by atoms with van der Waals surface area (Å²) in [6.45, 7) is 0.306. The van der Waals surface area contributed by atoms with Crippen molar-refractivity contribution in [2.75, 3.05) is 19.1 Å². The molecule has 2 heterocycles. The molecule has 0 aliphatic heterocycles. The Morgan fingerprint density at radius 3 is 2.52 bits per heavy atom. The van der Waals surface area contributed by atoms with Crippen LogP contribution >= 0.6 is 11.3 Å². The van der Waals surface area contributed by atoms with Gasteiger partial charge in [-0.05, 0) is 35.9 Å². The predicted octanol–water partition coefficient (Wildman–Crippen LogP) is 4.43. The molecule has 0 radical (unpaired) electrons. The second-order valence-electron chi connectivity index (χ2n) is 6.61. The number of carbonyl (C=O) groups excluding carboxylic acids is 1. The third-order valence-electron chi connectivity index (χ3n) is 4.68. The van der Waals surface area contributed by atoms with Crippen LogP contribution in [0.1, 0.15) is 21.5 Å². The summed E-state index contributed by atoms with van der Waals surface area (Å²) < 4.78 is 11.6.